The molecule has 3 N–H and O–H groups in total. The van der Waals surface area contributed by atoms with Gasteiger partial charge in [-0.15, -0.1) is 11.3 Å². The highest BCUT2D eigenvalue weighted by Crippen LogP contribution is 2.32. The average molecular weight is 294 g/mol. The van der Waals surface area contributed by atoms with Crippen molar-refractivity contribution >= 4 is 17.0 Å². The number of nitrogens with one attached hydrogen (secondary N) is 1. The van der Waals surface area contributed by atoms with Gasteiger partial charge in [-0.1, -0.05) is 48.5 Å². The first kappa shape index (κ1) is 13.9. The minimum absolute atomic E-state index is 0.851. The van der Waals surface area contributed by atoms with Crippen LogP contribution in [-0.2, 0) is 6.54 Å². The molecule has 0 spiro atoms. The maximum atomic E-state index is 5.97. The van der Waals surface area contributed by atoms with E-state index < -0.39 is 0 Å². The summed E-state index contributed by atoms with van der Waals surface area (Å²) >= 11 is 1.68. The van der Waals surface area contributed by atoms with Crippen LogP contribution < -0.4 is 11.1 Å². The van der Waals surface area contributed by atoms with Crippen LogP contribution in [0.4, 0.5) is 5.69 Å². The quantitative estimate of drug-likeness (QED) is 0.749. The molecule has 0 fully saturated rings. The molecule has 106 valence electrons. The molecule has 1 aromatic heterocycles. The van der Waals surface area contributed by atoms with E-state index in [1.54, 1.807) is 11.3 Å². The minimum Gasteiger partial charge on any atom is -0.398 e. The van der Waals surface area contributed by atoms with Crippen molar-refractivity contribution in [3.8, 4) is 21.6 Å². The fraction of sp³-hybridized carbons (Fsp3) is 0.111. The molecule has 21 heavy (non-hydrogen) atoms. The molecule has 0 bridgehead atoms. The first-order valence-corrected chi connectivity index (χ1v) is 7.83. The van der Waals surface area contributed by atoms with Crippen LogP contribution in [0.15, 0.2) is 60.0 Å². The van der Waals surface area contributed by atoms with E-state index in [1.165, 1.54) is 22.3 Å². The van der Waals surface area contributed by atoms with Gasteiger partial charge in [-0.05, 0) is 40.7 Å². The van der Waals surface area contributed by atoms with Crippen LogP contribution >= 0.6 is 11.3 Å². The summed E-state index contributed by atoms with van der Waals surface area (Å²) in [7, 11) is 1.96. The molecule has 0 saturated heterocycles. The zero-order valence-electron chi connectivity index (χ0n) is 12.0. The van der Waals surface area contributed by atoms with Crippen molar-refractivity contribution in [2.75, 3.05) is 12.8 Å². The number of thiophene rings is 1. The molecular weight excluding hydrogens is 276 g/mol. The molecule has 0 unspecified atom stereocenters. The molecule has 0 atom stereocenters. The fourth-order valence-corrected chi connectivity index (χ4v) is 3.21. The Labute approximate surface area is 129 Å². The van der Waals surface area contributed by atoms with Crippen molar-refractivity contribution in [2.24, 2.45) is 0 Å². The summed E-state index contributed by atoms with van der Waals surface area (Å²) < 4.78 is 0. The Morgan fingerprint density at radius 2 is 1.43 bits per heavy atom. The summed E-state index contributed by atoms with van der Waals surface area (Å²) in [5.41, 5.74) is 11.8. The first-order chi connectivity index (χ1) is 10.3. The maximum absolute atomic E-state index is 5.97. The lowest BCUT2D eigenvalue weighted by Crippen LogP contribution is -2.04. The van der Waals surface area contributed by atoms with Crippen LogP contribution in [0.5, 0.6) is 0 Å². The fourth-order valence-electron chi connectivity index (χ4n) is 2.39. The van der Waals surface area contributed by atoms with Gasteiger partial charge in [0.1, 0.15) is 0 Å². The van der Waals surface area contributed by atoms with Gasteiger partial charge in [-0.25, -0.2) is 0 Å². The molecule has 1 heterocycles. The largest absolute Gasteiger partial charge is 0.398 e. The predicted octanol–water partition coefficient (Wildman–Crippen LogP) is 4.38. The average Bonchev–Trinajstić information content (AvgIpc) is 2.95. The van der Waals surface area contributed by atoms with Crippen LogP contribution in [0.2, 0.25) is 0 Å². The molecule has 0 amide bonds. The zero-order chi connectivity index (χ0) is 14.7. The van der Waals surface area contributed by atoms with E-state index in [4.69, 9.17) is 5.73 Å². The zero-order valence-corrected chi connectivity index (χ0v) is 12.8. The number of rotatable bonds is 4. The van der Waals surface area contributed by atoms with E-state index in [2.05, 4.69) is 53.8 Å². The standard InChI is InChI=1S/C18H18N2S/c1-20-12-13-2-4-14(5-3-13)15-6-8-16(9-7-15)18-17(19)10-11-21-18/h2-11,20H,12,19H2,1H3. The number of hydrogen-bond donors (Lipinski definition) is 2. The number of nitrogen functional groups attached to an aromatic ring is 1. The van der Waals surface area contributed by atoms with E-state index in [9.17, 15) is 0 Å². The van der Waals surface area contributed by atoms with Gasteiger partial charge in [0.05, 0.1) is 10.6 Å². The minimum atomic E-state index is 0.851. The lowest BCUT2D eigenvalue weighted by molar-refractivity contribution is 0.818. The third-order valence-corrected chi connectivity index (χ3v) is 4.49. The molecule has 0 aliphatic carbocycles. The molecule has 2 nitrogen and oxygen atoms in total. The van der Waals surface area contributed by atoms with E-state index >= 15 is 0 Å². The smallest absolute Gasteiger partial charge is 0.0572 e. The van der Waals surface area contributed by atoms with Crippen molar-refractivity contribution < 1.29 is 0 Å². The Hall–Kier alpha value is -2.10. The Balaban J connectivity index is 1.85. The monoisotopic (exact) mass is 294 g/mol. The van der Waals surface area contributed by atoms with E-state index in [1.807, 2.05) is 18.5 Å². The molecule has 0 aliphatic heterocycles. The van der Waals surface area contributed by atoms with Crippen LogP contribution in [0.1, 0.15) is 5.56 Å². The summed E-state index contributed by atoms with van der Waals surface area (Å²) in [5.74, 6) is 0. The Morgan fingerprint density at radius 3 is 1.95 bits per heavy atom. The third kappa shape index (κ3) is 2.99. The molecule has 2 aromatic carbocycles. The summed E-state index contributed by atoms with van der Waals surface area (Å²) in [6, 6.07) is 19.2. The van der Waals surface area contributed by atoms with Gasteiger partial charge >= 0.3 is 0 Å². The predicted molar refractivity (Wildman–Crippen MR) is 92.4 cm³/mol. The highest BCUT2D eigenvalue weighted by molar-refractivity contribution is 7.14. The number of anilines is 1. The summed E-state index contributed by atoms with van der Waals surface area (Å²) in [4.78, 5) is 1.14. The second-order valence-electron chi connectivity index (χ2n) is 5.01. The van der Waals surface area contributed by atoms with Crippen molar-refractivity contribution in [1.82, 2.24) is 5.32 Å². The highest BCUT2D eigenvalue weighted by atomic mass is 32.1. The van der Waals surface area contributed by atoms with Crippen molar-refractivity contribution in [2.45, 2.75) is 6.54 Å². The topological polar surface area (TPSA) is 38.0 Å². The molecule has 0 saturated carbocycles. The summed E-state index contributed by atoms with van der Waals surface area (Å²) in [6.45, 7) is 0.900. The summed E-state index contributed by atoms with van der Waals surface area (Å²) in [5, 5.41) is 5.19. The third-order valence-electron chi connectivity index (χ3n) is 3.51. The maximum Gasteiger partial charge on any atom is 0.0572 e. The Kier molecular flexibility index (Phi) is 4.04. The molecule has 0 aliphatic rings. The highest BCUT2D eigenvalue weighted by Gasteiger charge is 2.04. The van der Waals surface area contributed by atoms with E-state index in [0.717, 1.165) is 17.1 Å². The Bertz CT molecular complexity index is 712. The van der Waals surface area contributed by atoms with Crippen molar-refractivity contribution in [1.29, 1.82) is 0 Å². The number of nitrogens with two attached hydrogens (primary N) is 1. The number of hydrogen-bond acceptors (Lipinski definition) is 3. The van der Waals surface area contributed by atoms with Crippen LogP contribution in [0.3, 0.4) is 0 Å². The molecule has 3 heteroatoms. The number of benzene rings is 2. The first-order valence-electron chi connectivity index (χ1n) is 6.95. The van der Waals surface area contributed by atoms with Gasteiger partial charge in [0.2, 0.25) is 0 Å². The van der Waals surface area contributed by atoms with Gasteiger partial charge in [-0.3, -0.25) is 0 Å². The van der Waals surface area contributed by atoms with Crippen molar-refractivity contribution in [3.05, 3.63) is 65.5 Å². The van der Waals surface area contributed by atoms with Gasteiger partial charge in [0.15, 0.2) is 0 Å². The molecular formula is C18H18N2S. The SMILES string of the molecule is CNCc1ccc(-c2ccc(-c3sccc3N)cc2)cc1. The van der Waals surface area contributed by atoms with Gasteiger partial charge < -0.3 is 11.1 Å². The second-order valence-corrected chi connectivity index (χ2v) is 5.93. The molecule has 3 aromatic rings. The van der Waals surface area contributed by atoms with Crippen molar-refractivity contribution in [3.63, 3.8) is 0 Å². The lowest BCUT2D eigenvalue weighted by Gasteiger charge is -2.06. The second kappa shape index (κ2) is 6.12. The van der Waals surface area contributed by atoms with Crippen LogP contribution in [-0.4, -0.2) is 7.05 Å². The normalized spacial score (nSPS) is 10.7. The Morgan fingerprint density at radius 1 is 0.857 bits per heavy atom. The summed E-state index contributed by atoms with van der Waals surface area (Å²) in [6.07, 6.45) is 0. The van der Waals surface area contributed by atoms with Crippen LogP contribution in [0.25, 0.3) is 21.6 Å². The van der Waals surface area contributed by atoms with Gasteiger partial charge in [-0.2, -0.15) is 0 Å². The van der Waals surface area contributed by atoms with Crippen LogP contribution in [0, 0.1) is 0 Å². The van der Waals surface area contributed by atoms with Gasteiger partial charge in [0, 0.05) is 6.54 Å². The van der Waals surface area contributed by atoms with Gasteiger partial charge in [0.25, 0.3) is 0 Å². The van der Waals surface area contributed by atoms with E-state index in [-0.39, 0.29) is 0 Å². The lowest BCUT2D eigenvalue weighted by atomic mass is 10.0. The molecule has 0 radical (unpaired) electrons. The molecule has 3 rings (SSSR count). The van der Waals surface area contributed by atoms with E-state index in [0.29, 0.717) is 0 Å².